The van der Waals surface area contributed by atoms with Crippen molar-refractivity contribution in [1.29, 1.82) is 0 Å². The van der Waals surface area contributed by atoms with Gasteiger partial charge in [0.2, 0.25) is 5.82 Å². The van der Waals surface area contributed by atoms with Crippen LogP contribution in [0.3, 0.4) is 0 Å². The molecule has 3 rings (SSSR count). The molecule has 0 fully saturated rings. The fourth-order valence-corrected chi connectivity index (χ4v) is 4.13. The zero-order chi connectivity index (χ0) is 24.1. The van der Waals surface area contributed by atoms with Crippen LogP contribution in [0.4, 0.5) is 22.0 Å². The van der Waals surface area contributed by atoms with Gasteiger partial charge < -0.3 is 5.11 Å². The van der Waals surface area contributed by atoms with E-state index in [1.54, 1.807) is 19.1 Å². The Morgan fingerprint density at radius 2 is 1.27 bits per heavy atom. The zero-order valence-corrected chi connectivity index (χ0v) is 18.8. The molecular formula is C27H27F5O. The van der Waals surface area contributed by atoms with Crippen molar-refractivity contribution < 1.29 is 27.1 Å². The maximum atomic E-state index is 14.7. The van der Waals surface area contributed by atoms with Gasteiger partial charge >= 0.3 is 0 Å². The molecule has 0 heterocycles. The lowest BCUT2D eigenvalue weighted by Crippen LogP contribution is -2.03. The summed E-state index contributed by atoms with van der Waals surface area (Å²) in [5.41, 5.74) is 1.03. The molecule has 176 valence electrons. The number of rotatable bonds is 9. The van der Waals surface area contributed by atoms with Gasteiger partial charge in [-0.05, 0) is 59.2 Å². The number of hydrogen-bond donors (Lipinski definition) is 1. The van der Waals surface area contributed by atoms with Gasteiger partial charge in [-0.1, -0.05) is 63.8 Å². The average Bonchev–Trinajstić information content (AvgIpc) is 2.81. The molecule has 0 saturated heterocycles. The first-order chi connectivity index (χ1) is 15.8. The summed E-state index contributed by atoms with van der Waals surface area (Å²) in [5, 5.41) is 10.4. The minimum atomic E-state index is -1.68. The monoisotopic (exact) mass is 462 g/mol. The molecule has 0 atom stereocenters. The molecule has 0 aromatic heterocycles. The largest absolute Gasteiger partial charge is 0.504 e. The summed E-state index contributed by atoms with van der Waals surface area (Å²) in [6.07, 6.45) is 6.64. The second-order valence-electron chi connectivity index (χ2n) is 8.17. The number of hydrogen-bond acceptors (Lipinski definition) is 1. The molecule has 0 unspecified atom stereocenters. The number of phenolic OH excluding ortho intramolecular Hbond substituents is 1. The summed E-state index contributed by atoms with van der Waals surface area (Å²) in [5.74, 6) is -8.48. The molecule has 0 spiro atoms. The van der Waals surface area contributed by atoms with Crippen LogP contribution in [-0.2, 0) is 12.8 Å². The SMILES string of the molecule is CCCCCCCc1ccc(-c2c(CC)c(F)c(F)c(O)c2-c2cc(F)c(F)c(F)c2)cc1. The van der Waals surface area contributed by atoms with Crippen LogP contribution < -0.4 is 0 Å². The van der Waals surface area contributed by atoms with Crippen molar-refractivity contribution in [3.63, 3.8) is 0 Å². The van der Waals surface area contributed by atoms with Crippen LogP contribution in [0.1, 0.15) is 57.1 Å². The third kappa shape index (κ3) is 5.21. The van der Waals surface area contributed by atoms with E-state index < -0.39 is 34.8 Å². The van der Waals surface area contributed by atoms with Gasteiger partial charge in [-0.15, -0.1) is 0 Å². The lowest BCUT2D eigenvalue weighted by Gasteiger charge is -2.19. The molecule has 33 heavy (non-hydrogen) atoms. The fraction of sp³-hybridized carbons (Fsp3) is 0.333. The third-order valence-corrected chi connectivity index (χ3v) is 5.89. The molecule has 0 aliphatic rings. The van der Waals surface area contributed by atoms with E-state index in [9.17, 15) is 27.1 Å². The Balaban J connectivity index is 2.09. The van der Waals surface area contributed by atoms with Gasteiger partial charge in [-0.2, -0.15) is 4.39 Å². The number of phenols is 1. The van der Waals surface area contributed by atoms with Crippen LogP contribution in [-0.4, -0.2) is 5.11 Å². The fourth-order valence-electron chi connectivity index (χ4n) is 4.13. The van der Waals surface area contributed by atoms with Crippen molar-refractivity contribution in [2.45, 2.75) is 58.8 Å². The van der Waals surface area contributed by atoms with Crippen LogP contribution in [0.2, 0.25) is 0 Å². The van der Waals surface area contributed by atoms with Gasteiger partial charge in [0.25, 0.3) is 0 Å². The highest BCUT2D eigenvalue weighted by molar-refractivity contribution is 5.90. The molecule has 0 amide bonds. The summed E-state index contributed by atoms with van der Waals surface area (Å²) >= 11 is 0. The predicted octanol–water partition coefficient (Wildman–Crippen LogP) is 8.50. The molecule has 1 nitrogen and oxygen atoms in total. The molecule has 0 aliphatic heterocycles. The number of unbranched alkanes of at least 4 members (excludes halogenated alkanes) is 4. The van der Waals surface area contributed by atoms with E-state index in [0.717, 1.165) is 24.8 Å². The Morgan fingerprint density at radius 1 is 0.667 bits per heavy atom. The molecule has 1 N–H and O–H groups in total. The summed E-state index contributed by atoms with van der Waals surface area (Å²) < 4.78 is 70.6. The van der Waals surface area contributed by atoms with Crippen molar-refractivity contribution in [2.24, 2.45) is 0 Å². The molecule has 0 saturated carbocycles. The smallest absolute Gasteiger partial charge is 0.201 e. The Kier molecular flexibility index (Phi) is 8.11. The Hall–Kier alpha value is -2.89. The topological polar surface area (TPSA) is 20.2 Å². The molecule has 3 aromatic carbocycles. The van der Waals surface area contributed by atoms with Crippen LogP contribution in [0.5, 0.6) is 5.75 Å². The zero-order valence-electron chi connectivity index (χ0n) is 18.8. The van der Waals surface area contributed by atoms with E-state index in [4.69, 9.17) is 0 Å². The highest BCUT2D eigenvalue weighted by Gasteiger charge is 2.26. The van der Waals surface area contributed by atoms with Crippen molar-refractivity contribution in [3.05, 3.63) is 76.6 Å². The molecule has 0 bridgehead atoms. The quantitative estimate of drug-likeness (QED) is 0.192. The van der Waals surface area contributed by atoms with Gasteiger partial charge in [0.15, 0.2) is 29.0 Å². The summed E-state index contributed by atoms with van der Waals surface area (Å²) in [6, 6.07) is 8.49. The van der Waals surface area contributed by atoms with E-state index in [0.29, 0.717) is 17.7 Å². The summed E-state index contributed by atoms with van der Waals surface area (Å²) in [4.78, 5) is 0. The molecule has 0 radical (unpaired) electrons. The number of benzene rings is 3. The second-order valence-corrected chi connectivity index (χ2v) is 8.17. The first kappa shape index (κ1) is 24.7. The second kappa shape index (κ2) is 10.8. The van der Waals surface area contributed by atoms with Gasteiger partial charge in [0.1, 0.15) is 0 Å². The number of aryl methyl sites for hydroxylation is 1. The van der Waals surface area contributed by atoms with E-state index in [-0.39, 0.29) is 28.7 Å². The minimum absolute atomic E-state index is 0.0437. The Labute approximate surface area is 190 Å². The van der Waals surface area contributed by atoms with Crippen LogP contribution in [0, 0.1) is 29.1 Å². The van der Waals surface area contributed by atoms with Crippen LogP contribution in [0.15, 0.2) is 36.4 Å². The average molecular weight is 463 g/mol. The van der Waals surface area contributed by atoms with Gasteiger partial charge in [-0.25, -0.2) is 17.6 Å². The van der Waals surface area contributed by atoms with Crippen LogP contribution >= 0.6 is 0 Å². The normalized spacial score (nSPS) is 11.2. The van der Waals surface area contributed by atoms with Gasteiger partial charge in [0, 0.05) is 5.56 Å². The van der Waals surface area contributed by atoms with Crippen molar-refractivity contribution in [2.75, 3.05) is 0 Å². The molecule has 6 heteroatoms. The first-order valence-electron chi connectivity index (χ1n) is 11.3. The lowest BCUT2D eigenvalue weighted by atomic mass is 9.87. The highest BCUT2D eigenvalue weighted by Crippen LogP contribution is 2.45. The van der Waals surface area contributed by atoms with Gasteiger partial charge in [-0.3, -0.25) is 0 Å². The third-order valence-electron chi connectivity index (χ3n) is 5.89. The van der Waals surface area contributed by atoms with E-state index in [1.165, 1.54) is 19.3 Å². The number of aromatic hydroxyl groups is 1. The molecule has 0 aliphatic carbocycles. The maximum absolute atomic E-state index is 14.7. The highest BCUT2D eigenvalue weighted by atomic mass is 19.2. The summed E-state index contributed by atoms with van der Waals surface area (Å²) in [7, 11) is 0. The standard InChI is InChI=1S/C27H27F5O/c1-3-5-6-7-8-9-16-10-12-17(13-11-16)22-19(4-2)24(30)26(32)27(33)23(22)18-14-20(28)25(31)21(29)15-18/h10-15,33H,3-9H2,1-2H3. The summed E-state index contributed by atoms with van der Waals surface area (Å²) in [6.45, 7) is 3.76. The maximum Gasteiger partial charge on any atom is 0.201 e. The van der Waals surface area contributed by atoms with Crippen molar-refractivity contribution in [1.82, 2.24) is 0 Å². The molecular weight excluding hydrogens is 435 g/mol. The van der Waals surface area contributed by atoms with Gasteiger partial charge in [0.05, 0.1) is 0 Å². The first-order valence-corrected chi connectivity index (χ1v) is 11.3. The van der Waals surface area contributed by atoms with Crippen molar-refractivity contribution in [3.8, 4) is 28.0 Å². The molecule has 3 aromatic rings. The number of halogens is 5. The van der Waals surface area contributed by atoms with E-state index in [2.05, 4.69) is 6.92 Å². The predicted molar refractivity (Wildman–Crippen MR) is 121 cm³/mol. The van der Waals surface area contributed by atoms with Crippen LogP contribution in [0.25, 0.3) is 22.3 Å². The van der Waals surface area contributed by atoms with E-state index in [1.807, 2.05) is 12.1 Å². The Morgan fingerprint density at radius 3 is 1.85 bits per heavy atom. The van der Waals surface area contributed by atoms with E-state index >= 15 is 0 Å². The Bertz CT molecular complexity index is 1100. The van der Waals surface area contributed by atoms with Crippen molar-refractivity contribution >= 4 is 0 Å². The minimum Gasteiger partial charge on any atom is -0.504 e. The lowest BCUT2D eigenvalue weighted by molar-refractivity contribution is 0.406.